The molecule has 0 atom stereocenters. The van der Waals surface area contributed by atoms with Crippen molar-refractivity contribution in [2.45, 2.75) is 64.1 Å². The van der Waals surface area contributed by atoms with E-state index in [1.54, 1.807) is 18.8 Å². The molecular weight excluding hydrogens is 312 g/mol. The average Bonchev–Trinajstić information content (AvgIpc) is 2.91. The first kappa shape index (κ1) is 17.8. The molecule has 128 valence electrons. The summed E-state index contributed by atoms with van der Waals surface area (Å²) < 4.78 is 3.30. The maximum absolute atomic E-state index is 12.1. The molecule has 0 unspecified atom stereocenters. The van der Waals surface area contributed by atoms with Crippen molar-refractivity contribution in [1.82, 2.24) is 19.1 Å². The highest BCUT2D eigenvalue weighted by Gasteiger charge is 2.16. The van der Waals surface area contributed by atoms with E-state index in [-0.39, 0.29) is 5.56 Å². The summed E-state index contributed by atoms with van der Waals surface area (Å²) in [5.74, 6) is 0.987. The number of imidazole rings is 1. The summed E-state index contributed by atoms with van der Waals surface area (Å²) in [4.78, 5) is 30.7. The van der Waals surface area contributed by atoms with Gasteiger partial charge in [-0.3, -0.25) is 14.3 Å². The lowest BCUT2D eigenvalue weighted by Crippen LogP contribution is -2.29. The number of thioether (sulfide) groups is 1. The van der Waals surface area contributed by atoms with Gasteiger partial charge in [-0.05, 0) is 13.3 Å². The van der Waals surface area contributed by atoms with Crippen molar-refractivity contribution >= 4 is 22.9 Å². The molecule has 0 aliphatic heterocycles. The molecule has 6 nitrogen and oxygen atoms in total. The van der Waals surface area contributed by atoms with Crippen molar-refractivity contribution in [2.75, 3.05) is 5.75 Å². The fourth-order valence-electron chi connectivity index (χ4n) is 2.66. The Morgan fingerprint density at radius 3 is 2.48 bits per heavy atom. The van der Waals surface area contributed by atoms with Crippen LogP contribution in [0.4, 0.5) is 0 Å². The summed E-state index contributed by atoms with van der Waals surface area (Å²) in [5.41, 5.74) is 0.172. The highest BCUT2D eigenvalue weighted by Crippen LogP contribution is 2.22. The number of unbranched alkanes of at least 4 members (excludes halogenated alkanes) is 5. The van der Waals surface area contributed by atoms with Crippen LogP contribution in [-0.2, 0) is 13.6 Å². The number of aromatic nitrogens is 4. The Kier molecular flexibility index (Phi) is 6.50. The summed E-state index contributed by atoms with van der Waals surface area (Å²) in [6, 6.07) is 0. The van der Waals surface area contributed by atoms with E-state index < -0.39 is 5.69 Å². The predicted molar refractivity (Wildman–Crippen MR) is 95.4 cm³/mol. The third-order valence-corrected chi connectivity index (χ3v) is 5.08. The molecule has 2 aromatic heterocycles. The number of hydrogen-bond acceptors (Lipinski definition) is 4. The van der Waals surface area contributed by atoms with Crippen molar-refractivity contribution in [3.8, 4) is 0 Å². The number of aryl methyl sites for hydroxylation is 2. The molecule has 7 heteroatoms. The van der Waals surface area contributed by atoms with Crippen LogP contribution in [0.25, 0.3) is 11.2 Å². The molecule has 0 spiro atoms. The van der Waals surface area contributed by atoms with E-state index in [9.17, 15) is 9.59 Å². The van der Waals surface area contributed by atoms with Crippen LogP contribution in [0.2, 0.25) is 0 Å². The summed E-state index contributed by atoms with van der Waals surface area (Å²) in [5, 5.41) is 0.822. The highest BCUT2D eigenvalue weighted by molar-refractivity contribution is 7.99. The van der Waals surface area contributed by atoms with Crippen molar-refractivity contribution in [1.29, 1.82) is 0 Å². The Bertz CT molecular complexity index is 760. The molecule has 0 radical (unpaired) electrons. The van der Waals surface area contributed by atoms with E-state index >= 15 is 0 Å². The Labute approximate surface area is 140 Å². The minimum atomic E-state index is -0.421. The lowest BCUT2D eigenvalue weighted by Gasteiger charge is -2.05. The zero-order valence-corrected chi connectivity index (χ0v) is 15.0. The first-order valence-electron chi connectivity index (χ1n) is 8.42. The summed E-state index contributed by atoms with van der Waals surface area (Å²) in [7, 11) is 1.63. The van der Waals surface area contributed by atoms with E-state index in [0.29, 0.717) is 17.7 Å². The molecule has 0 bridgehead atoms. The van der Waals surface area contributed by atoms with Gasteiger partial charge in [-0.25, -0.2) is 9.78 Å². The van der Waals surface area contributed by atoms with Gasteiger partial charge in [0.2, 0.25) is 0 Å². The predicted octanol–water partition coefficient (Wildman–Crippen LogP) is 2.90. The largest absolute Gasteiger partial charge is 0.329 e. The SMILES string of the molecule is CCCCCCCCSc1nc2c(c(=O)[nH]c(=O)n2C)n1CC. The Balaban J connectivity index is 2.09. The van der Waals surface area contributed by atoms with Gasteiger partial charge in [-0.2, -0.15) is 0 Å². The molecule has 0 amide bonds. The van der Waals surface area contributed by atoms with Crippen LogP contribution < -0.4 is 11.2 Å². The number of nitrogens with zero attached hydrogens (tertiary/aromatic N) is 3. The van der Waals surface area contributed by atoms with Gasteiger partial charge >= 0.3 is 5.69 Å². The molecule has 23 heavy (non-hydrogen) atoms. The number of hydrogen-bond donors (Lipinski definition) is 1. The lowest BCUT2D eigenvalue weighted by molar-refractivity contribution is 0.626. The van der Waals surface area contributed by atoms with E-state index in [4.69, 9.17) is 0 Å². The van der Waals surface area contributed by atoms with Gasteiger partial charge in [-0.1, -0.05) is 50.8 Å². The third kappa shape index (κ3) is 4.07. The van der Waals surface area contributed by atoms with Gasteiger partial charge in [0.1, 0.15) is 0 Å². The van der Waals surface area contributed by atoms with Crippen molar-refractivity contribution in [2.24, 2.45) is 7.05 Å². The van der Waals surface area contributed by atoms with Crippen LogP contribution in [0.15, 0.2) is 14.7 Å². The minimum Gasteiger partial charge on any atom is -0.313 e. The molecule has 0 aromatic carbocycles. The van der Waals surface area contributed by atoms with Crippen molar-refractivity contribution < 1.29 is 0 Å². The monoisotopic (exact) mass is 338 g/mol. The van der Waals surface area contributed by atoms with E-state index in [1.807, 2.05) is 11.5 Å². The topological polar surface area (TPSA) is 72.7 Å². The zero-order valence-electron chi connectivity index (χ0n) is 14.2. The van der Waals surface area contributed by atoms with Crippen molar-refractivity contribution in [3.05, 3.63) is 20.8 Å². The second-order valence-electron chi connectivity index (χ2n) is 5.75. The molecule has 0 saturated carbocycles. The second-order valence-corrected chi connectivity index (χ2v) is 6.81. The minimum absolute atomic E-state index is 0.358. The number of rotatable bonds is 9. The fourth-order valence-corrected chi connectivity index (χ4v) is 3.72. The smallest absolute Gasteiger partial charge is 0.313 e. The maximum atomic E-state index is 12.1. The van der Waals surface area contributed by atoms with E-state index in [2.05, 4.69) is 16.9 Å². The first-order chi connectivity index (χ1) is 11.1. The third-order valence-electron chi connectivity index (χ3n) is 4.02. The molecular formula is C16H26N4O2S. The molecule has 0 fully saturated rings. The molecule has 0 saturated heterocycles. The Morgan fingerprint density at radius 2 is 1.78 bits per heavy atom. The summed E-state index contributed by atoms with van der Waals surface area (Å²) in [6.45, 7) is 4.87. The highest BCUT2D eigenvalue weighted by atomic mass is 32.2. The van der Waals surface area contributed by atoms with Crippen LogP contribution in [0.5, 0.6) is 0 Å². The molecule has 2 aromatic rings. The zero-order chi connectivity index (χ0) is 16.8. The molecule has 0 aliphatic rings. The molecule has 1 N–H and O–H groups in total. The first-order valence-corrected chi connectivity index (χ1v) is 9.41. The summed E-state index contributed by atoms with van der Waals surface area (Å²) in [6.07, 6.45) is 7.56. The van der Waals surface area contributed by atoms with E-state index in [0.717, 1.165) is 17.3 Å². The lowest BCUT2D eigenvalue weighted by atomic mass is 10.1. The Hall–Kier alpha value is -1.50. The number of aromatic amines is 1. The van der Waals surface area contributed by atoms with Crippen LogP contribution in [0.1, 0.15) is 52.4 Å². The van der Waals surface area contributed by atoms with Crippen LogP contribution in [0, 0.1) is 0 Å². The van der Waals surface area contributed by atoms with Gasteiger partial charge < -0.3 is 4.57 Å². The van der Waals surface area contributed by atoms with Gasteiger partial charge in [0, 0.05) is 19.3 Å². The Morgan fingerprint density at radius 1 is 1.09 bits per heavy atom. The van der Waals surface area contributed by atoms with Gasteiger partial charge in [0.25, 0.3) is 5.56 Å². The number of H-pyrrole nitrogens is 1. The quantitative estimate of drug-likeness (QED) is 0.563. The fraction of sp³-hybridized carbons (Fsp3) is 0.688. The standard InChI is InChI=1S/C16H26N4O2S/c1-4-6-7-8-9-10-11-23-16-17-13-12(20(16)5-2)14(21)18-15(22)19(13)3/h4-11H2,1-3H3,(H,18,21,22). The van der Waals surface area contributed by atoms with Crippen LogP contribution in [-0.4, -0.2) is 24.9 Å². The normalized spacial score (nSPS) is 11.4. The molecule has 2 heterocycles. The summed E-state index contributed by atoms with van der Waals surface area (Å²) >= 11 is 1.67. The molecule has 2 rings (SSSR count). The molecule has 0 aliphatic carbocycles. The van der Waals surface area contributed by atoms with E-state index in [1.165, 1.54) is 36.7 Å². The number of fused-ring (bicyclic) bond motifs is 1. The average molecular weight is 338 g/mol. The van der Waals surface area contributed by atoms with Crippen LogP contribution >= 0.6 is 11.8 Å². The van der Waals surface area contributed by atoms with Crippen LogP contribution in [0.3, 0.4) is 0 Å². The maximum Gasteiger partial charge on any atom is 0.329 e. The second kappa shape index (κ2) is 8.38. The number of nitrogens with one attached hydrogen (secondary N) is 1. The van der Waals surface area contributed by atoms with Gasteiger partial charge in [-0.15, -0.1) is 0 Å². The van der Waals surface area contributed by atoms with Gasteiger partial charge in [0.15, 0.2) is 16.3 Å². The van der Waals surface area contributed by atoms with Crippen molar-refractivity contribution in [3.63, 3.8) is 0 Å². The van der Waals surface area contributed by atoms with Gasteiger partial charge in [0.05, 0.1) is 0 Å².